The van der Waals surface area contributed by atoms with Crippen molar-refractivity contribution < 1.29 is 4.79 Å². The van der Waals surface area contributed by atoms with Crippen LogP contribution in [-0.4, -0.2) is 33.7 Å². The van der Waals surface area contributed by atoms with E-state index in [1.54, 1.807) is 6.20 Å². The quantitative estimate of drug-likeness (QED) is 0.749. The minimum Gasteiger partial charge on any atom is -0.337 e. The molecule has 0 aliphatic carbocycles. The SMILES string of the molecule is CC1CCN(C(=O)c2cccc3cccnc23)CC1Br. The van der Waals surface area contributed by atoms with Gasteiger partial charge in [-0.25, -0.2) is 0 Å². The number of piperidine rings is 1. The molecule has 0 spiro atoms. The molecule has 2 heterocycles. The number of carbonyl (C=O) groups excluding carboxylic acids is 1. The molecule has 1 aromatic heterocycles. The van der Waals surface area contributed by atoms with Gasteiger partial charge in [0, 0.05) is 29.5 Å². The number of hydrogen-bond donors (Lipinski definition) is 0. The number of benzene rings is 1. The van der Waals surface area contributed by atoms with Crippen molar-refractivity contribution in [1.29, 1.82) is 0 Å². The number of amides is 1. The minimum atomic E-state index is 0.0886. The van der Waals surface area contributed by atoms with Crippen molar-refractivity contribution >= 4 is 32.7 Å². The number of carbonyl (C=O) groups is 1. The Morgan fingerprint density at radius 3 is 2.95 bits per heavy atom. The summed E-state index contributed by atoms with van der Waals surface area (Å²) in [7, 11) is 0. The van der Waals surface area contributed by atoms with E-state index in [4.69, 9.17) is 0 Å². The van der Waals surface area contributed by atoms with Crippen LogP contribution >= 0.6 is 15.9 Å². The van der Waals surface area contributed by atoms with E-state index in [0.717, 1.165) is 30.4 Å². The van der Waals surface area contributed by atoms with Crippen LogP contribution in [-0.2, 0) is 0 Å². The highest BCUT2D eigenvalue weighted by Crippen LogP contribution is 2.25. The Kier molecular flexibility index (Phi) is 3.74. The second-order valence-corrected chi connectivity index (χ2v) is 6.59. The lowest BCUT2D eigenvalue weighted by Gasteiger charge is -2.34. The molecular weight excluding hydrogens is 316 g/mol. The molecule has 104 valence electrons. The first-order valence-electron chi connectivity index (χ1n) is 6.94. The van der Waals surface area contributed by atoms with Crippen molar-refractivity contribution in [2.45, 2.75) is 18.2 Å². The Balaban J connectivity index is 1.93. The van der Waals surface area contributed by atoms with Gasteiger partial charge in [0.1, 0.15) is 0 Å². The molecule has 0 bridgehead atoms. The first-order chi connectivity index (χ1) is 9.66. The molecule has 0 radical (unpaired) electrons. The number of halogens is 1. The molecule has 1 aliphatic heterocycles. The average Bonchev–Trinajstić information content (AvgIpc) is 2.49. The summed E-state index contributed by atoms with van der Waals surface area (Å²) in [6.07, 6.45) is 2.78. The van der Waals surface area contributed by atoms with Gasteiger partial charge < -0.3 is 4.90 Å². The van der Waals surface area contributed by atoms with E-state index in [9.17, 15) is 4.79 Å². The Hall–Kier alpha value is -1.42. The first kappa shape index (κ1) is 13.6. The summed E-state index contributed by atoms with van der Waals surface area (Å²) in [6, 6.07) is 9.68. The van der Waals surface area contributed by atoms with E-state index >= 15 is 0 Å². The van der Waals surface area contributed by atoms with E-state index in [-0.39, 0.29) is 5.91 Å². The standard InChI is InChI=1S/C16H17BrN2O/c1-11-7-9-19(10-14(11)17)16(20)13-6-2-4-12-5-3-8-18-15(12)13/h2-6,8,11,14H,7,9-10H2,1H3. The van der Waals surface area contributed by atoms with Crippen molar-refractivity contribution in [2.75, 3.05) is 13.1 Å². The van der Waals surface area contributed by atoms with Crippen LogP contribution < -0.4 is 0 Å². The number of likely N-dealkylation sites (tertiary alicyclic amines) is 1. The van der Waals surface area contributed by atoms with E-state index in [0.29, 0.717) is 16.3 Å². The van der Waals surface area contributed by atoms with Gasteiger partial charge in [0.05, 0.1) is 11.1 Å². The lowest BCUT2D eigenvalue weighted by molar-refractivity contribution is 0.0708. The van der Waals surface area contributed by atoms with Gasteiger partial charge in [-0.2, -0.15) is 0 Å². The molecule has 2 aromatic rings. The predicted molar refractivity (Wildman–Crippen MR) is 84.1 cm³/mol. The van der Waals surface area contributed by atoms with E-state index < -0.39 is 0 Å². The summed E-state index contributed by atoms with van der Waals surface area (Å²) in [5.74, 6) is 0.704. The monoisotopic (exact) mass is 332 g/mol. The van der Waals surface area contributed by atoms with Crippen molar-refractivity contribution in [3.05, 3.63) is 42.1 Å². The number of fused-ring (bicyclic) bond motifs is 1. The fraction of sp³-hybridized carbons (Fsp3) is 0.375. The summed E-state index contributed by atoms with van der Waals surface area (Å²) in [6.45, 7) is 3.81. The number of rotatable bonds is 1. The Bertz CT molecular complexity index is 638. The van der Waals surface area contributed by atoms with Gasteiger partial charge in [-0.05, 0) is 24.5 Å². The number of pyridine rings is 1. The van der Waals surface area contributed by atoms with Crippen molar-refractivity contribution in [3.63, 3.8) is 0 Å². The van der Waals surface area contributed by atoms with Crippen molar-refractivity contribution in [3.8, 4) is 0 Å². The van der Waals surface area contributed by atoms with Crippen molar-refractivity contribution in [1.82, 2.24) is 9.88 Å². The fourth-order valence-electron chi connectivity index (χ4n) is 2.65. The predicted octanol–water partition coefficient (Wildman–Crippen LogP) is 3.48. The van der Waals surface area contributed by atoms with Crippen LogP contribution in [0.2, 0.25) is 0 Å². The van der Waals surface area contributed by atoms with Gasteiger partial charge in [0.15, 0.2) is 0 Å². The van der Waals surface area contributed by atoms with Crippen LogP contribution in [0, 0.1) is 5.92 Å². The van der Waals surface area contributed by atoms with Gasteiger partial charge in [0.25, 0.3) is 5.91 Å². The van der Waals surface area contributed by atoms with Crippen LogP contribution in [0.3, 0.4) is 0 Å². The highest BCUT2D eigenvalue weighted by molar-refractivity contribution is 9.09. The summed E-state index contributed by atoms with van der Waals surface area (Å²) < 4.78 is 0. The Morgan fingerprint density at radius 1 is 1.35 bits per heavy atom. The number of hydrogen-bond acceptors (Lipinski definition) is 2. The molecule has 20 heavy (non-hydrogen) atoms. The van der Waals surface area contributed by atoms with E-state index in [2.05, 4.69) is 27.8 Å². The first-order valence-corrected chi connectivity index (χ1v) is 7.85. The summed E-state index contributed by atoms with van der Waals surface area (Å²) in [4.78, 5) is 19.4. The fourth-order valence-corrected chi connectivity index (χ4v) is 3.27. The normalized spacial score (nSPS) is 23.0. The highest BCUT2D eigenvalue weighted by atomic mass is 79.9. The highest BCUT2D eigenvalue weighted by Gasteiger charge is 2.28. The van der Waals surface area contributed by atoms with Gasteiger partial charge in [-0.3, -0.25) is 9.78 Å². The Labute approximate surface area is 127 Å². The van der Waals surface area contributed by atoms with Gasteiger partial charge in [-0.15, -0.1) is 0 Å². The maximum absolute atomic E-state index is 12.7. The molecule has 2 unspecified atom stereocenters. The molecule has 0 saturated carbocycles. The third kappa shape index (κ3) is 2.44. The Morgan fingerprint density at radius 2 is 2.15 bits per heavy atom. The number of alkyl halides is 1. The third-order valence-electron chi connectivity index (χ3n) is 4.02. The van der Waals surface area contributed by atoms with E-state index in [1.165, 1.54) is 0 Å². The smallest absolute Gasteiger partial charge is 0.256 e. The molecule has 1 fully saturated rings. The number of nitrogens with zero attached hydrogens (tertiary/aromatic N) is 2. The van der Waals surface area contributed by atoms with Crippen LogP contribution in [0.15, 0.2) is 36.5 Å². The number of aromatic nitrogens is 1. The molecule has 1 saturated heterocycles. The molecule has 3 rings (SSSR count). The topological polar surface area (TPSA) is 33.2 Å². The molecule has 0 N–H and O–H groups in total. The van der Waals surface area contributed by atoms with Gasteiger partial charge >= 0.3 is 0 Å². The van der Waals surface area contributed by atoms with Crippen molar-refractivity contribution in [2.24, 2.45) is 5.92 Å². The summed E-state index contributed by atoms with van der Waals surface area (Å²) >= 11 is 3.68. The molecule has 3 nitrogen and oxygen atoms in total. The van der Waals surface area contributed by atoms with Gasteiger partial charge in [0.2, 0.25) is 0 Å². The summed E-state index contributed by atoms with van der Waals surface area (Å²) in [5, 5.41) is 1.01. The zero-order valence-electron chi connectivity index (χ0n) is 11.4. The zero-order chi connectivity index (χ0) is 14.1. The summed E-state index contributed by atoms with van der Waals surface area (Å²) in [5.41, 5.74) is 1.50. The molecular formula is C16H17BrN2O. The minimum absolute atomic E-state index is 0.0886. The maximum atomic E-state index is 12.7. The lowest BCUT2D eigenvalue weighted by atomic mass is 9.98. The van der Waals surface area contributed by atoms with Crippen LogP contribution in [0.5, 0.6) is 0 Å². The van der Waals surface area contributed by atoms with Crippen LogP contribution in [0.25, 0.3) is 10.9 Å². The van der Waals surface area contributed by atoms with Crippen LogP contribution in [0.1, 0.15) is 23.7 Å². The second-order valence-electron chi connectivity index (χ2n) is 5.41. The maximum Gasteiger partial charge on any atom is 0.256 e. The molecule has 1 aliphatic rings. The van der Waals surface area contributed by atoms with Gasteiger partial charge in [-0.1, -0.05) is 41.1 Å². The molecule has 2 atom stereocenters. The molecule has 1 amide bonds. The zero-order valence-corrected chi connectivity index (χ0v) is 13.0. The number of para-hydroxylation sites is 1. The van der Waals surface area contributed by atoms with Crippen LogP contribution in [0.4, 0.5) is 0 Å². The second kappa shape index (κ2) is 5.52. The average molecular weight is 333 g/mol. The lowest BCUT2D eigenvalue weighted by Crippen LogP contribution is -2.43. The molecule has 1 aromatic carbocycles. The van der Waals surface area contributed by atoms with E-state index in [1.807, 2.05) is 35.2 Å². The molecule has 4 heteroatoms. The third-order valence-corrected chi connectivity index (χ3v) is 5.21. The largest absolute Gasteiger partial charge is 0.337 e.